The molecule has 1 aromatic carbocycles. The molecule has 17 heavy (non-hydrogen) atoms. The molecule has 4 nitrogen and oxygen atoms in total. The van der Waals surface area contributed by atoms with E-state index in [0.717, 1.165) is 11.3 Å². The molecule has 0 aliphatic carbocycles. The van der Waals surface area contributed by atoms with Crippen molar-refractivity contribution < 1.29 is 14.3 Å². The summed E-state index contributed by atoms with van der Waals surface area (Å²) in [5.41, 5.74) is 6.63. The number of ether oxygens (including phenoxy) is 2. The largest absolute Gasteiger partial charge is 0.490 e. The third-order valence-corrected chi connectivity index (χ3v) is 2.25. The second kappa shape index (κ2) is 6.70. The van der Waals surface area contributed by atoms with Crippen LogP contribution in [0.4, 0.5) is 0 Å². The summed E-state index contributed by atoms with van der Waals surface area (Å²) in [5.74, 6) is 0.359. The quantitative estimate of drug-likeness (QED) is 0.596. The number of rotatable bonds is 6. The van der Waals surface area contributed by atoms with E-state index in [2.05, 4.69) is 11.3 Å². The van der Waals surface area contributed by atoms with Crippen molar-refractivity contribution in [2.75, 3.05) is 13.7 Å². The average Bonchev–Trinajstić information content (AvgIpc) is 2.37. The van der Waals surface area contributed by atoms with E-state index in [-0.39, 0.29) is 0 Å². The van der Waals surface area contributed by atoms with Gasteiger partial charge in [-0.1, -0.05) is 24.8 Å². The fraction of sp³-hybridized carbons (Fsp3) is 0.308. The maximum absolute atomic E-state index is 11.1. The lowest BCUT2D eigenvalue weighted by atomic mass is 10.1. The van der Waals surface area contributed by atoms with E-state index < -0.39 is 12.0 Å². The minimum absolute atomic E-state index is 0.406. The first kappa shape index (κ1) is 13.3. The van der Waals surface area contributed by atoms with Gasteiger partial charge in [-0.05, 0) is 24.1 Å². The molecule has 1 rings (SSSR count). The molecule has 0 fully saturated rings. The summed E-state index contributed by atoms with van der Waals surface area (Å²) in [6.07, 6.45) is 2.13. The lowest BCUT2D eigenvalue weighted by Gasteiger charge is -2.09. The van der Waals surface area contributed by atoms with Gasteiger partial charge in [-0.2, -0.15) is 0 Å². The molecule has 0 heterocycles. The van der Waals surface area contributed by atoms with Gasteiger partial charge in [0.05, 0.1) is 7.11 Å². The number of nitrogens with two attached hydrogens (primary N) is 1. The van der Waals surface area contributed by atoms with Gasteiger partial charge in [0.2, 0.25) is 0 Å². The van der Waals surface area contributed by atoms with Crippen LogP contribution in [0.3, 0.4) is 0 Å². The Balaban J connectivity index is 2.55. The topological polar surface area (TPSA) is 61.5 Å². The Kier molecular flexibility index (Phi) is 5.23. The lowest BCUT2D eigenvalue weighted by Crippen LogP contribution is -2.33. The summed E-state index contributed by atoms with van der Waals surface area (Å²) in [4.78, 5) is 11.1. The van der Waals surface area contributed by atoms with Gasteiger partial charge in [-0.3, -0.25) is 4.79 Å². The molecule has 4 heteroatoms. The van der Waals surface area contributed by atoms with Crippen molar-refractivity contribution in [3.8, 4) is 5.75 Å². The number of methoxy groups -OCH3 is 1. The first-order valence-corrected chi connectivity index (χ1v) is 5.33. The smallest absolute Gasteiger partial charge is 0.322 e. The molecule has 0 spiro atoms. The standard InChI is InChI=1S/C13H17NO3/c1-3-8-17-11-6-4-10(5-7-11)9-12(14)13(15)16-2/h3-7,12H,1,8-9,14H2,2H3/t12-/m0/s1. The number of carbonyl (C=O) groups is 1. The Labute approximate surface area is 101 Å². The van der Waals surface area contributed by atoms with Crippen molar-refractivity contribution in [2.45, 2.75) is 12.5 Å². The van der Waals surface area contributed by atoms with E-state index in [1.165, 1.54) is 7.11 Å². The number of hydrogen-bond acceptors (Lipinski definition) is 4. The van der Waals surface area contributed by atoms with E-state index >= 15 is 0 Å². The second-order valence-electron chi connectivity index (χ2n) is 3.58. The zero-order chi connectivity index (χ0) is 12.7. The Bertz CT molecular complexity index is 373. The van der Waals surface area contributed by atoms with Crippen LogP contribution in [-0.2, 0) is 16.0 Å². The molecular weight excluding hydrogens is 218 g/mol. The zero-order valence-corrected chi connectivity index (χ0v) is 9.89. The van der Waals surface area contributed by atoms with E-state index in [1.807, 2.05) is 24.3 Å². The maximum atomic E-state index is 11.1. The van der Waals surface area contributed by atoms with Crippen LogP contribution >= 0.6 is 0 Å². The van der Waals surface area contributed by atoms with Crippen molar-refractivity contribution in [2.24, 2.45) is 5.73 Å². The first-order valence-electron chi connectivity index (χ1n) is 5.33. The van der Waals surface area contributed by atoms with Crippen LogP contribution in [0.1, 0.15) is 5.56 Å². The van der Waals surface area contributed by atoms with Crippen LogP contribution in [0.15, 0.2) is 36.9 Å². The van der Waals surface area contributed by atoms with Crippen LogP contribution in [0.25, 0.3) is 0 Å². The zero-order valence-electron chi connectivity index (χ0n) is 9.89. The fourth-order valence-corrected chi connectivity index (χ4v) is 1.37. The summed E-state index contributed by atoms with van der Waals surface area (Å²) in [6.45, 7) is 4.04. The highest BCUT2D eigenvalue weighted by Crippen LogP contribution is 2.13. The molecule has 0 bridgehead atoms. The summed E-state index contributed by atoms with van der Waals surface area (Å²) in [7, 11) is 1.33. The summed E-state index contributed by atoms with van der Waals surface area (Å²) < 4.78 is 9.90. The molecule has 0 saturated carbocycles. The van der Waals surface area contributed by atoms with Crippen molar-refractivity contribution >= 4 is 5.97 Å². The first-order chi connectivity index (χ1) is 8.17. The Hall–Kier alpha value is -1.81. The van der Waals surface area contributed by atoms with Gasteiger partial charge >= 0.3 is 5.97 Å². The van der Waals surface area contributed by atoms with Crippen molar-refractivity contribution in [1.29, 1.82) is 0 Å². The van der Waals surface area contributed by atoms with Crippen LogP contribution in [0.5, 0.6) is 5.75 Å². The summed E-state index contributed by atoms with van der Waals surface area (Å²) in [5, 5.41) is 0. The van der Waals surface area contributed by atoms with E-state index in [1.54, 1.807) is 6.08 Å². The molecule has 0 aromatic heterocycles. The predicted molar refractivity (Wildman–Crippen MR) is 65.8 cm³/mol. The molecule has 0 saturated heterocycles. The molecule has 0 unspecified atom stereocenters. The van der Waals surface area contributed by atoms with E-state index in [0.29, 0.717) is 13.0 Å². The number of hydrogen-bond donors (Lipinski definition) is 1. The fourth-order valence-electron chi connectivity index (χ4n) is 1.37. The molecule has 1 atom stereocenters. The number of benzene rings is 1. The monoisotopic (exact) mass is 235 g/mol. The Morgan fingerprint density at radius 1 is 1.47 bits per heavy atom. The van der Waals surface area contributed by atoms with Gasteiger partial charge in [-0.25, -0.2) is 0 Å². The SMILES string of the molecule is C=CCOc1ccc(C[C@H](N)C(=O)OC)cc1. The molecular formula is C13H17NO3. The van der Waals surface area contributed by atoms with Crippen LogP contribution in [0, 0.1) is 0 Å². The van der Waals surface area contributed by atoms with Gasteiger partial charge < -0.3 is 15.2 Å². The van der Waals surface area contributed by atoms with Crippen molar-refractivity contribution in [1.82, 2.24) is 0 Å². The van der Waals surface area contributed by atoms with Gasteiger partial charge in [-0.15, -0.1) is 0 Å². The van der Waals surface area contributed by atoms with Crippen molar-refractivity contribution in [3.05, 3.63) is 42.5 Å². The maximum Gasteiger partial charge on any atom is 0.322 e. The summed E-state index contributed by atoms with van der Waals surface area (Å²) >= 11 is 0. The predicted octanol–water partition coefficient (Wildman–Crippen LogP) is 1.29. The van der Waals surface area contributed by atoms with Crippen LogP contribution in [-0.4, -0.2) is 25.7 Å². The lowest BCUT2D eigenvalue weighted by molar-refractivity contribution is -0.142. The Morgan fingerprint density at radius 2 is 2.12 bits per heavy atom. The Morgan fingerprint density at radius 3 is 2.65 bits per heavy atom. The molecule has 0 aliphatic rings. The number of carbonyl (C=O) groups excluding carboxylic acids is 1. The number of esters is 1. The minimum atomic E-state index is -0.625. The molecule has 0 aliphatic heterocycles. The normalized spacial score (nSPS) is 11.6. The van der Waals surface area contributed by atoms with Gasteiger partial charge in [0.15, 0.2) is 0 Å². The highest BCUT2D eigenvalue weighted by molar-refractivity contribution is 5.75. The summed E-state index contributed by atoms with van der Waals surface area (Å²) in [6, 6.07) is 6.80. The van der Waals surface area contributed by atoms with E-state index in [4.69, 9.17) is 10.5 Å². The van der Waals surface area contributed by atoms with Gasteiger partial charge in [0, 0.05) is 0 Å². The molecule has 1 aromatic rings. The third kappa shape index (κ3) is 4.28. The average molecular weight is 235 g/mol. The second-order valence-corrected chi connectivity index (χ2v) is 3.58. The molecule has 0 radical (unpaired) electrons. The highest BCUT2D eigenvalue weighted by Gasteiger charge is 2.13. The molecule has 92 valence electrons. The van der Waals surface area contributed by atoms with E-state index in [9.17, 15) is 4.79 Å². The van der Waals surface area contributed by atoms with Crippen LogP contribution in [0.2, 0.25) is 0 Å². The molecule has 0 amide bonds. The van der Waals surface area contributed by atoms with Crippen molar-refractivity contribution in [3.63, 3.8) is 0 Å². The van der Waals surface area contributed by atoms with Gasteiger partial charge in [0.25, 0.3) is 0 Å². The highest BCUT2D eigenvalue weighted by atomic mass is 16.5. The van der Waals surface area contributed by atoms with Crippen LogP contribution < -0.4 is 10.5 Å². The third-order valence-electron chi connectivity index (χ3n) is 2.25. The van der Waals surface area contributed by atoms with Gasteiger partial charge in [0.1, 0.15) is 18.4 Å². The molecule has 2 N–H and O–H groups in total. The minimum Gasteiger partial charge on any atom is -0.490 e.